The number of aryl methyl sites for hydroxylation is 1. The summed E-state index contributed by atoms with van der Waals surface area (Å²) < 4.78 is 0. The lowest BCUT2D eigenvalue weighted by Crippen LogP contribution is -2.25. The number of rotatable bonds is 4. The van der Waals surface area contributed by atoms with E-state index < -0.39 is 0 Å². The fourth-order valence-electron chi connectivity index (χ4n) is 3.25. The van der Waals surface area contributed by atoms with Crippen molar-refractivity contribution in [2.24, 2.45) is 0 Å². The standard InChI is InChI=1S/C17H20N6O/c1-11-18-8-13(19-11)9-23-10-14(24)7-15(23)17-20-16(21-22-17)12-5-3-2-4-6-12/h2-6,8,14-15,24H,7,9-10H2,1H3,(H,18,19)(H,20,21,22)/t14-,15+/m1/s1. The summed E-state index contributed by atoms with van der Waals surface area (Å²) in [6.07, 6.45) is 2.13. The SMILES string of the molecule is Cc1ncc(CN2C[C@H](O)C[C@H]2c2nc(-c3ccccc3)n[nH]2)[nH]1. The van der Waals surface area contributed by atoms with E-state index in [4.69, 9.17) is 0 Å². The molecule has 0 unspecified atom stereocenters. The molecule has 24 heavy (non-hydrogen) atoms. The first kappa shape index (κ1) is 15.0. The molecule has 3 N–H and O–H groups in total. The van der Waals surface area contributed by atoms with Crippen LogP contribution in [0.3, 0.4) is 0 Å². The number of β-amino-alcohol motifs (C(OH)–C–C–N with tert-alkyl or cyclic N) is 1. The summed E-state index contributed by atoms with van der Waals surface area (Å²) in [6, 6.07) is 9.91. The molecule has 3 aromatic rings. The molecule has 7 heteroatoms. The van der Waals surface area contributed by atoms with Gasteiger partial charge in [0.2, 0.25) is 0 Å². The Kier molecular flexibility index (Phi) is 3.87. The first-order valence-corrected chi connectivity index (χ1v) is 8.09. The fraction of sp³-hybridized carbons (Fsp3) is 0.353. The first-order chi connectivity index (χ1) is 11.7. The predicted molar refractivity (Wildman–Crippen MR) is 88.9 cm³/mol. The van der Waals surface area contributed by atoms with Gasteiger partial charge in [-0.2, -0.15) is 5.10 Å². The number of aliphatic hydroxyl groups excluding tert-OH is 1. The Morgan fingerprint density at radius 2 is 2.12 bits per heavy atom. The molecule has 0 bridgehead atoms. The minimum absolute atomic E-state index is 0.0218. The van der Waals surface area contributed by atoms with Crippen molar-refractivity contribution in [1.29, 1.82) is 0 Å². The molecule has 0 radical (unpaired) electrons. The lowest BCUT2D eigenvalue weighted by atomic mass is 10.2. The fourth-order valence-corrected chi connectivity index (χ4v) is 3.25. The number of nitrogens with one attached hydrogen (secondary N) is 2. The highest BCUT2D eigenvalue weighted by molar-refractivity contribution is 5.53. The third-order valence-electron chi connectivity index (χ3n) is 4.36. The Bertz CT molecular complexity index is 811. The summed E-state index contributed by atoms with van der Waals surface area (Å²) in [5.41, 5.74) is 2.02. The predicted octanol–water partition coefficient (Wildman–Crippen LogP) is 1.81. The number of hydrogen-bond donors (Lipinski definition) is 3. The Hall–Kier alpha value is -2.51. The molecular formula is C17H20N6O. The van der Waals surface area contributed by atoms with Gasteiger partial charge in [-0.25, -0.2) is 9.97 Å². The topological polar surface area (TPSA) is 93.7 Å². The van der Waals surface area contributed by atoms with Crippen LogP contribution in [-0.4, -0.2) is 47.8 Å². The van der Waals surface area contributed by atoms with Gasteiger partial charge in [-0.3, -0.25) is 10.00 Å². The van der Waals surface area contributed by atoms with E-state index >= 15 is 0 Å². The first-order valence-electron chi connectivity index (χ1n) is 8.09. The van der Waals surface area contributed by atoms with Gasteiger partial charge in [0, 0.05) is 30.5 Å². The minimum Gasteiger partial charge on any atom is -0.392 e. The van der Waals surface area contributed by atoms with Gasteiger partial charge in [0.1, 0.15) is 11.6 Å². The van der Waals surface area contributed by atoms with E-state index in [-0.39, 0.29) is 12.1 Å². The van der Waals surface area contributed by atoms with Gasteiger partial charge >= 0.3 is 0 Å². The van der Waals surface area contributed by atoms with E-state index in [2.05, 4.69) is 30.0 Å². The van der Waals surface area contributed by atoms with Crippen LogP contribution < -0.4 is 0 Å². The summed E-state index contributed by atoms with van der Waals surface area (Å²) in [5, 5.41) is 17.5. The van der Waals surface area contributed by atoms with Crippen molar-refractivity contribution in [2.45, 2.75) is 32.0 Å². The van der Waals surface area contributed by atoms with Crippen molar-refractivity contribution in [1.82, 2.24) is 30.0 Å². The van der Waals surface area contributed by atoms with E-state index in [0.29, 0.717) is 25.3 Å². The molecule has 4 rings (SSSR count). The zero-order chi connectivity index (χ0) is 16.5. The van der Waals surface area contributed by atoms with Crippen LogP contribution in [-0.2, 0) is 6.54 Å². The molecule has 2 aromatic heterocycles. The second-order valence-corrected chi connectivity index (χ2v) is 6.24. The normalized spacial score (nSPS) is 21.4. The largest absolute Gasteiger partial charge is 0.392 e. The quantitative estimate of drug-likeness (QED) is 0.680. The highest BCUT2D eigenvalue weighted by atomic mass is 16.3. The number of likely N-dealkylation sites (tertiary alicyclic amines) is 1. The molecule has 124 valence electrons. The van der Waals surface area contributed by atoms with Crippen LogP contribution in [0.15, 0.2) is 36.5 Å². The van der Waals surface area contributed by atoms with Gasteiger partial charge in [-0.1, -0.05) is 30.3 Å². The van der Waals surface area contributed by atoms with Crippen LogP contribution in [0.4, 0.5) is 0 Å². The number of hydrogen-bond acceptors (Lipinski definition) is 5. The molecule has 0 spiro atoms. The third kappa shape index (κ3) is 2.95. The van der Waals surface area contributed by atoms with Crippen LogP contribution in [0.1, 0.15) is 29.8 Å². The molecule has 1 saturated heterocycles. The summed E-state index contributed by atoms with van der Waals surface area (Å²) in [4.78, 5) is 14.3. The highest BCUT2D eigenvalue weighted by Gasteiger charge is 2.34. The Balaban J connectivity index is 1.56. The van der Waals surface area contributed by atoms with Gasteiger partial charge in [0.25, 0.3) is 0 Å². The van der Waals surface area contributed by atoms with E-state index in [1.807, 2.05) is 43.5 Å². The van der Waals surface area contributed by atoms with Crippen molar-refractivity contribution < 1.29 is 5.11 Å². The van der Waals surface area contributed by atoms with E-state index in [9.17, 15) is 5.11 Å². The summed E-state index contributed by atoms with van der Waals surface area (Å²) in [6.45, 7) is 3.25. The Morgan fingerprint density at radius 1 is 1.29 bits per heavy atom. The molecule has 0 amide bonds. The highest BCUT2D eigenvalue weighted by Crippen LogP contribution is 2.32. The average molecular weight is 324 g/mol. The van der Waals surface area contributed by atoms with Crippen LogP contribution in [0.2, 0.25) is 0 Å². The number of aromatic amines is 2. The summed E-state index contributed by atoms with van der Waals surface area (Å²) in [7, 11) is 0. The van der Waals surface area contributed by atoms with Crippen molar-refractivity contribution >= 4 is 0 Å². The third-order valence-corrected chi connectivity index (χ3v) is 4.36. The van der Waals surface area contributed by atoms with Gasteiger partial charge in [0.05, 0.1) is 12.1 Å². The van der Waals surface area contributed by atoms with E-state index in [0.717, 1.165) is 22.9 Å². The molecule has 0 aliphatic carbocycles. The molecule has 3 heterocycles. The monoisotopic (exact) mass is 324 g/mol. The summed E-state index contributed by atoms with van der Waals surface area (Å²) in [5.74, 6) is 2.37. The van der Waals surface area contributed by atoms with E-state index in [1.54, 1.807) is 0 Å². The van der Waals surface area contributed by atoms with Crippen LogP contribution in [0.5, 0.6) is 0 Å². The van der Waals surface area contributed by atoms with Crippen LogP contribution >= 0.6 is 0 Å². The molecule has 1 aromatic carbocycles. The molecule has 1 fully saturated rings. The smallest absolute Gasteiger partial charge is 0.181 e. The Labute approximate surface area is 139 Å². The lowest BCUT2D eigenvalue weighted by molar-refractivity contribution is 0.171. The molecule has 1 aliphatic rings. The number of H-pyrrole nitrogens is 2. The van der Waals surface area contributed by atoms with Crippen LogP contribution in [0.25, 0.3) is 11.4 Å². The van der Waals surface area contributed by atoms with Gasteiger partial charge in [-0.05, 0) is 13.3 Å². The van der Waals surface area contributed by atoms with Crippen LogP contribution in [0, 0.1) is 6.92 Å². The maximum atomic E-state index is 10.1. The van der Waals surface area contributed by atoms with Crippen molar-refractivity contribution in [2.75, 3.05) is 6.54 Å². The number of benzene rings is 1. The molecule has 1 aliphatic heterocycles. The molecule has 7 nitrogen and oxygen atoms in total. The average Bonchev–Trinajstić information content (AvgIpc) is 3.29. The second kappa shape index (κ2) is 6.18. The molecule has 0 saturated carbocycles. The molecular weight excluding hydrogens is 304 g/mol. The van der Waals surface area contributed by atoms with Crippen molar-refractivity contribution in [3.63, 3.8) is 0 Å². The number of nitrogens with zero attached hydrogens (tertiary/aromatic N) is 4. The van der Waals surface area contributed by atoms with Gasteiger partial charge in [0.15, 0.2) is 5.82 Å². The summed E-state index contributed by atoms with van der Waals surface area (Å²) >= 11 is 0. The number of aliphatic hydroxyl groups is 1. The zero-order valence-electron chi connectivity index (χ0n) is 13.5. The number of imidazole rings is 1. The van der Waals surface area contributed by atoms with Crippen molar-refractivity contribution in [3.8, 4) is 11.4 Å². The number of aromatic nitrogens is 5. The van der Waals surface area contributed by atoms with Crippen molar-refractivity contribution in [3.05, 3.63) is 53.9 Å². The molecule has 2 atom stereocenters. The zero-order valence-corrected chi connectivity index (χ0v) is 13.5. The van der Waals surface area contributed by atoms with Gasteiger partial charge in [-0.15, -0.1) is 0 Å². The maximum absolute atomic E-state index is 10.1. The minimum atomic E-state index is -0.357. The van der Waals surface area contributed by atoms with Gasteiger partial charge < -0.3 is 10.1 Å². The van der Waals surface area contributed by atoms with E-state index in [1.165, 1.54) is 0 Å². The second-order valence-electron chi connectivity index (χ2n) is 6.24. The lowest BCUT2D eigenvalue weighted by Gasteiger charge is -2.21. The Morgan fingerprint density at radius 3 is 2.88 bits per heavy atom. The maximum Gasteiger partial charge on any atom is 0.181 e.